The van der Waals surface area contributed by atoms with E-state index in [1.165, 1.54) is 0 Å². The van der Waals surface area contributed by atoms with Crippen LogP contribution in [0.15, 0.2) is 24.3 Å². The first kappa shape index (κ1) is 19.2. The molecule has 2 N–H and O–H groups in total. The highest BCUT2D eigenvalue weighted by Gasteiger charge is 2.40. The third kappa shape index (κ3) is 6.05. The molecule has 1 aromatic carbocycles. The van der Waals surface area contributed by atoms with Gasteiger partial charge in [0.15, 0.2) is 0 Å². The number of amides is 1. The van der Waals surface area contributed by atoms with E-state index in [1.807, 2.05) is 31.2 Å². The maximum absolute atomic E-state index is 12.0. The van der Waals surface area contributed by atoms with Gasteiger partial charge in [0.1, 0.15) is 5.75 Å². The number of hydrogen-bond acceptors (Lipinski definition) is 4. The maximum Gasteiger partial charge on any atom is 0.311 e. The first-order valence-electron chi connectivity index (χ1n) is 8.79. The molecule has 2 rings (SSSR count). The molecule has 6 heteroatoms. The highest BCUT2D eigenvalue weighted by Crippen LogP contribution is 2.30. The number of aryl methyl sites for hydroxylation is 1. The molecule has 25 heavy (non-hydrogen) atoms. The fourth-order valence-electron chi connectivity index (χ4n) is 2.87. The summed E-state index contributed by atoms with van der Waals surface area (Å²) in [4.78, 5) is 23.5. The molecule has 1 fully saturated rings. The highest BCUT2D eigenvalue weighted by molar-refractivity contribution is 5.79. The highest BCUT2D eigenvalue weighted by atomic mass is 16.5. The van der Waals surface area contributed by atoms with Crippen LogP contribution in [0.4, 0.5) is 0 Å². The van der Waals surface area contributed by atoms with Gasteiger partial charge in [0, 0.05) is 26.2 Å². The van der Waals surface area contributed by atoms with Crippen LogP contribution in [0.25, 0.3) is 0 Å². The fraction of sp³-hybridized carbons (Fsp3) is 0.579. The van der Waals surface area contributed by atoms with Gasteiger partial charge in [-0.25, -0.2) is 0 Å². The van der Waals surface area contributed by atoms with Gasteiger partial charge in [-0.15, -0.1) is 0 Å². The number of carboxylic acid groups (broad SMARTS) is 1. The molecular weight excluding hydrogens is 322 g/mol. The first-order valence-corrected chi connectivity index (χ1v) is 8.79. The van der Waals surface area contributed by atoms with Crippen LogP contribution in [0.1, 0.15) is 37.7 Å². The molecule has 0 aliphatic carbocycles. The normalized spacial score (nSPS) is 16.2. The summed E-state index contributed by atoms with van der Waals surface area (Å²) >= 11 is 0. The van der Waals surface area contributed by atoms with Crippen LogP contribution in [-0.4, -0.2) is 43.3 Å². The Kier molecular flexibility index (Phi) is 7.25. The van der Waals surface area contributed by atoms with Gasteiger partial charge < -0.3 is 19.9 Å². The van der Waals surface area contributed by atoms with Gasteiger partial charge in [-0.1, -0.05) is 12.1 Å². The number of ether oxygens (including phenoxy) is 2. The average molecular weight is 349 g/mol. The predicted octanol–water partition coefficient (Wildman–Crippen LogP) is 2.54. The van der Waals surface area contributed by atoms with Crippen molar-refractivity contribution in [3.05, 3.63) is 29.8 Å². The molecular formula is C19H27NO5. The number of nitrogens with one attached hydrogen (secondary N) is 1. The van der Waals surface area contributed by atoms with Gasteiger partial charge in [-0.05, 0) is 50.3 Å². The van der Waals surface area contributed by atoms with E-state index >= 15 is 0 Å². The van der Waals surface area contributed by atoms with E-state index in [-0.39, 0.29) is 12.5 Å². The van der Waals surface area contributed by atoms with Crippen molar-refractivity contribution in [1.29, 1.82) is 0 Å². The quantitative estimate of drug-likeness (QED) is 0.669. The largest absolute Gasteiger partial charge is 0.494 e. The summed E-state index contributed by atoms with van der Waals surface area (Å²) in [6.07, 6.45) is 2.74. The monoisotopic (exact) mass is 349 g/mol. The number of carboxylic acids is 1. The van der Waals surface area contributed by atoms with E-state index in [1.54, 1.807) is 0 Å². The zero-order chi connectivity index (χ0) is 18.1. The van der Waals surface area contributed by atoms with Gasteiger partial charge >= 0.3 is 5.97 Å². The average Bonchev–Trinajstić information content (AvgIpc) is 2.60. The number of aliphatic carboxylic acids is 1. The lowest BCUT2D eigenvalue weighted by Gasteiger charge is -2.33. The van der Waals surface area contributed by atoms with Gasteiger partial charge in [0.2, 0.25) is 5.91 Å². The number of hydrogen-bond donors (Lipinski definition) is 2. The third-order valence-corrected chi connectivity index (χ3v) is 4.58. The standard InChI is InChI=1S/C19H27NO5/c1-15-5-4-6-16(13-15)25-10-3-2-7-17(21)20-14-19(18(22)23)8-11-24-12-9-19/h4-6,13H,2-3,7-12,14H2,1H3,(H,20,21)(H,22,23). The van der Waals surface area contributed by atoms with E-state index in [0.717, 1.165) is 17.7 Å². The second kappa shape index (κ2) is 9.42. The number of carbonyl (C=O) groups is 2. The van der Waals surface area contributed by atoms with Crippen molar-refractivity contribution < 1.29 is 24.2 Å². The summed E-state index contributed by atoms with van der Waals surface area (Å²) in [5.41, 5.74) is 0.264. The van der Waals surface area contributed by atoms with Crippen molar-refractivity contribution in [1.82, 2.24) is 5.32 Å². The molecule has 1 saturated heterocycles. The lowest BCUT2D eigenvalue weighted by Crippen LogP contribution is -2.46. The molecule has 0 radical (unpaired) electrons. The van der Waals surface area contributed by atoms with Crippen LogP contribution >= 0.6 is 0 Å². The second-order valence-electron chi connectivity index (χ2n) is 6.60. The number of benzene rings is 1. The summed E-state index contributed by atoms with van der Waals surface area (Å²) in [7, 11) is 0. The Morgan fingerprint density at radius 3 is 2.72 bits per heavy atom. The molecule has 0 aromatic heterocycles. The SMILES string of the molecule is Cc1cccc(OCCCCC(=O)NCC2(C(=O)O)CCOCC2)c1. The number of rotatable bonds is 9. The van der Waals surface area contributed by atoms with Crippen molar-refractivity contribution in [3.8, 4) is 5.75 Å². The summed E-state index contributed by atoms with van der Waals surface area (Å²) in [5.74, 6) is -0.127. The molecule has 1 aliphatic rings. The number of unbranched alkanes of at least 4 members (excludes halogenated alkanes) is 1. The van der Waals surface area contributed by atoms with Gasteiger partial charge in [-0.3, -0.25) is 9.59 Å². The first-order chi connectivity index (χ1) is 12.0. The summed E-state index contributed by atoms with van der Waals surface area (Å²) in [5, 5.41) is 12.2. The number of carbonyl (C=O) groups excluding carboxylic acids is 1. The minimum absolute atomic E-state index is 0.109. The third-order valence-electron chi connectivity index (χ3n) is 4.58. The van der Waals surface area contributed by atoms with Crippen molar-refractivity contribution in [2.75, 3.05) is 26.4 Å². The predicted molar refractivity (Wildman–Crippen MR) is 93.7 cm³/mol. The van der Waals surface area contributed by atoms with Crippen molar-refractivity contribution >= 4 is 11.9 Å². The Labute approximate surface area is 148 Å². The summed E-state index contributed by atoms with van der Waals surface area (Å²) < 4.78 is 10.9. The molecule has 0 unspecified atom stereocenters. The van der Waals surface area contributed by atoms with E-state index in [2.05, 4.69) is 5.32 Å². The van der Waals surface area contributed by atoms with Gasteiger partial charge in [0.25, 0.3) is 0 Å². The molecule has 0 saturated carbocycles. The smallest absolute Gasteiger partial charge is 0.311 e. The molecule has 1 aromatic rings. The summed E-state index contributed by atoms with van der Waals surface area (Å²) in [6.45, 7) is 3.61. The molecule has 0 atom stereocenters. The summed E-state index contributed by atoms with van der Waals surface area (Å²) in [6, 6.07) is 7.86. The lowest BCUT2D eigenvalue weighted by atomic mass is 9.80. The van der Waals surface area contributed by atoms with E-state index in [0.29, 0.717) is 45.5 Å². The van der Waals surface area contributed by atoms with Crippen molar-refractivity contribution in [2.24, 2.45) is 5.41 Å². The zero-order valence-corrected chi connectivity index (χ0v) is 14.8. The van der Waals surface area contributed by atoms with Crippen LogP contribution < -0.4 is 10.1 Å². The van der Waals surface area contributed by atoms with Crippen LogP contribution in [0.2, 0.25) is 0 Å². The molecule has 0 spiro atoms. The molecule has 0 bridgehead atoms. The molecule has 6 nitrogen and oxygen atoms in total. The van der Waals surface area contributed by atoms with Crippen LogP contribution in [0, 0.1) is 12.3 Å². The molecule has 1 heterocycles. The minimum atomic E-state index is -0.887. The second-order valence-corrected chi connectivity index (χ2v) is 6.60. The van der Waals surface area contributed by atoms with Crippen LogP contribution in [0.5, 0.6) is 5.75 Å². The maximum atomic E-state index is 12.0. The van der Waals surface area contributed by atoms with E-state index in [4.69, 9.17) is 9.47 Å². The minimum Gasteiger partial charge on any atom is -0.494 e. The Morgan fingerprint density at radius 1 is 1.28 bits per heavy atom. The van der Waals surface area contributed by atoms with Crippen LogP contribution in [0.3, 0.4) is 0 Å². The van der Waals surface area contributed by atoms with Gasteiger partial charge in [0.05, 0.1) is 12.0 Å². The van der Waals surface area contributed by atoms with E-state index in [9.17, 15) is 14.7 Å². The van der Waals surface area contributed by atoms with Crippen LogP contribution in [-0.2, 0) is 14.3 Å². The van der Waals surface area contributed by atoms with Gasteiger partial charge in [-0.2, -0.15) is 0 Å². The van der Waals surface area contributed by atoms with E-state index < -0.39 is 11.4 Å². The topological polar surface area (TPSA) is 84.9 Å². The van der Waals surface area contributed by atoms with Crippen molar-refractivity contribution in [2.45, 2.75) is 39.0 Å². The Hall–Kier alpha value is -2.08. The molecule has 138 valence electrons. The molecule has 1 aliphatic heterocycles. The Balaban J connectivity index is 1.62. The fourth-order valence-corrected chi connectivity index (χ4v) is 2.87. The molecule has 1 amide bonds. The Morgan fingerprint density at radius 2 is 2.04 bits per heavy atom. The Bertz CT molecular complexity index is 581. The van der Waals surface area contributed by atoms with Crippen molar-refractivity contribution in [3.63, 3.8) is 0 Å². The zero-order valence-electron chi connectivity index (χ0n) is 14.8. The lowest BCUT2D eigenvalue weighted by molar-refractivity contribution is -0.154.